The Hall–Kier alpha value is -0.0400. The summed E-state index contributed by atoms with van der Waals surface area (Å²) in [6.45, 7) is 7.57. The van der Waals surface area contributed by atoms with Crippen molar-refractivity contribution in [3.63, 3.8) is 0 Å². The molecule has 0 radical (unpaired) electrons. The van der Waals surface area contributed by atoms with Crippen molar-refractivity contribution in [1.82, 2.24) is 0 Å². The van der Waals surface area contributed by atoms with Crippen LogP contribution >= 0.6 is 0 Å². The van der Waals surface area contributed by atoms with Crippen LogP contribution < -0.4 is 0 Å². The molecule has 8 atom stereocenters. The first kappa shape index (κ1) is 17.4. The number of aliphatic hydroxyl groups excluding tert-OH is 1. The minimum Gasteiger partial charge on any atom is -0.393 e. The highest BCUT2D eigenvalue weighted by Crippen LogP contribution is 2.67. The monoisotopic (exact) mass is 332 g/mol. The van der Waals surface area contributed by atoms with Crippen molar-refractivity contribution in [2.24, 2.45) is 40.4 Å². The number of hydrogen-bond acceptors (Lipinski definition) is 1. The average Bonchev–Trinajstić information content (AvgIpc) is 2.90. The summed E-state index contributed by atoms with van der Waals surface area (Å²) in [5, 5.41) is 11.2. The summed E-state index contributed by atoms with van der Waals surface area (Å²) in [7, 11) is 0. The van der Waals surface area contributed by atoms with E-state index in [1.165, 1.54) is 70.6 Å². The van der Waals surface area contributed by atoms with Crippen molar-refractivity contribution in [3.8, 4) is 0 Å². The zero-order chi connectivity index (χ0) is 16.9. The number of fused-ring (bicyclic) bond motifs is 5. The van der Waals surface area contributed by atoms with Crippen LogP contribution in [0.5, 0.6) is 0 Å². The van der Waals surface area contributed by atoms with Gasteiger partial charge in [-0.3, -0.25) is 0 Å². The topological polar surface area (TPSA) is 20.2 Å². The molecule has 0 spiro atoms. The summed E-state index contributed by atoms with van der Waals surface area (Å²) >= 11 is 0. The first-order valence-electron chi connectivity index (χ1n) is 11.2. The van der Waals surface area contributed by atoms with E-state index in [9.17, 15) is 5.11 Å². The Morgan fingerprint density at radius 3 is 2.50 bits per heavy atom. The fourth-order valence-corrected chi connectivity index (χ4v) is 8.29. The molecule has 0 amide bonds. The van der Waals surface area contributed by atoms with Crippen molar-refractivity contribution in [2.45, 2.75) is 104 Å². The Kier molecular flexibility index (Phi) is 4.55. The molecule has 0 aromatic carbocycles. The molecule has 4 rings (SSSR count). The van der Waals surface area contributed by atoms with Gasteiger partial charge in [-0.15, -0.1) is 0 Å². The summed E-state index contributed by atoms with van der Waals surface area (Å²) in [6, 6.07) is 0. The molecule has 0 saturated heterocycles. The molecular formula is C23H40O. The molecule has 4 fully saturated rings. The van der Waals surface area contributed by atoms with Crippen molar-refractivity contribution in [1.29, 1.82) is 0 Å². The maximum Gasteiger partial charge on any atom is 0.0577 e. The quantitative estimate of drug-likeness (QED) is 0.652. The molecule has 0 aromatic heterocycles. The van der Waals surface area contributed by atoms with Gasteiger partial charge in [-0.2, -0.15) is 0 Å². The lowest BCUT2D eigenvalue weighted by Crippen LogP contribution is -2.57. The summed E-state index contributed by atoms with van der Waals surface area (Å²) in [6.07, 6.45) is 16.7. The SMILES string of the molecule is CCCC[C@H]1CC[C@H]2[C@@H]3[C@H](O)C[C@@H]4CCCC[C@]4(C)[C@H]3CC[C@]12C. The van der Waals surface area contributed by atoms with Gasteiger partial charge in [-0.1, -0.05) is 46.5 Å². The van der Waals surface area contributed by atoms with E-state index in [0.29, 0.717) is 16.7 Å². The molecule has 0 bridgehead atoms. The van der Waals surface area contributed by atoms with Gasteiger partial charge < -0.3 is 5.11 Å². The van der Waals surface area contributed by atoms with E-state index in [4.69, 9.17) is 0 Å². The van der Waals surface area contributed by atoms with E-state index >= 15 is 0 Å². The summed E-state index contributed by atoms with van der Waals surface area (Å²) < 4.78 is 0. The molecule has 0 aromatic rings. The van der Waals surface area contributed by atoms with Gasteiger partial charge in [0.25, 0.3) is 0 Å². The highest BCUT2D eigenvalue weighted by atomic mass is 16.3. The van der Waals surface area contributed by atoms with E-state index in [0.717, 1.165) is 30.1 Å². The second kappa shape index (κ2) is 6.29. The van der Waals surface area contributed by atoms with E-state index in [1.807, 2.05) is 0 Å². The predicted octanol–water partition coefficient (Wildman–Crippen LogP) is 6.20. The van der Waals surface area contributed by atoms with Crippen LogP contribution in [0, 0.1) is 40.4 Å². The molecule has 4 saturated carbocycles. The van der Waals surface area contributed by atoms with Gasteiger partial charge in [0.2, 0.25) is 0 Å². The second-order valence-electron chi connectivity index (χ2n) is 10.5. The molecule has 138 valence electrons. The molecule has 0 aliphatic heterocycles. The molecule has 0 heterocycles. The highest BCUT2D eigenvalue weighted by molar-refractivity contribution is 5.10. The lowest BCUT2D eigenvalue weighted by atomic mass is 9.44. The van der Waals surface area contributed by atoms with E-state index in [1.54, 1.807) is 0 Å². The van der Waals surface area contributed by atoms with Crippen LogP contribution in [-0.2, 0) is 0 Å². The lowest BCUT2D eigenvalue weighted by molar-refractivity contribution is -0.162. The summed E-state index contributed by atoms with van der Waals surface area (Å²) in [4.78, 5) is 0. The lowest BCUT2D eigenvalue weighted by Gasteiger charge is -2.62. The third-order valence-corrected chi connectivity index (χ3v) is 9.70. The van der Waals surface area contributed by atoms with Gasteiger partial charge in [0, 0.05) is 0 Å². The molecule has 1 nitrogen and oxygen atoms in total. The first-order chi connectivity index (χ1) is 11.5. The maximum atomic E-state index is 11.2. The zero-order valence-corrected chi connectivity index (χ0v) is 16.4. The van der Waals surface area contributed by atoms with Crippen LogP contribution in [0.4, 0.5) is 0 Å². The smallest absolute Gasteiger partial charge is 0.0577 e. The number of hydrogen-bond donors (Lipinski definition) is 1. The highest BCUT2D eigenvalue weighted by Gasteiger charge is 2.61. The van der Waals surface area contributed by atoms with Crippen LogP contribution in [0.3, 0.4) is 0 Å². The Morgan fingerprint density at radius 2 is 1.71 bits per heavy atom. The standard InChI is InChI=1S/C23H40O/c1-4-5-8-16-10-11-18-21-19(12-14-23(16,18)3)22(2)13-7-6-9-17(22)15-20(21)24/h16-21,24H,4-15H2,1-3H3/t16-,17-,18-,19-,20+,21-,22-,23+/m0/s1. The largest absolute Gasteiger partial charge is 0.393 e. The van der Waals surface area contributed by atoms with Crippen molar-refractivity contribution < 1.29 is 5.11 Å². The van der Waals surface area contributed by atoms with Crippen molar-refractivity contribution >= 4 is 0 Å². The minimum atomic E-state index is 0.000671. The summed E-state index contributed by atoms with van der Waals surface area (Å²) in [5.74, 6) is 3.99. The normalized spacial score (nSPS) is 54.0. The van der Waals surface area contributed by atoms with Crippen LogP contribution in [0.2, 0.25) is 0 Å². The minimum absolute atomic E-state index is 0.000671. The maximum absolute atomic E-state index is 11.2. The second-order valence-corrected chi connectivity index (χ2v) is 10.5. The molecule has 24 heavy (non-hydrogen) atoms. The van der Waals surface area contributed by atoms with Gasteiger partial charge >= 0.3 is 0 Å². The number of rotatable bonds is 3. The van der Waals surface area contributed by atoms with Crippen molar-refractivity contribution in [3.05, 3.63) is 0 Å². The Balaban J connectivity index is 1.60. The Labute approximate surface area is 150 Å². The molecule has 4 aliphatic carbocycles. The van der Waals surface area contributed by atoms with Crippen molar-refractivity contribution in [2.75, 3.05) is 0 Å². The van der Waals surface area contributed by atoms with Crippen LogP contribution in [0.25, 0.3) is 0 Å². The number of unbranched alkanes of at least 4 members (excludes halogenated alkanes) is 1. The zero-order valence-electron chi connectivity index (χ0n) is 16.4. The molecule has 1 heteroatoms. The molecule has 0 unspecified atom stereocenters. The van der Waals surface area contributed by atoms with E-state index in [2.05, 4.69) is 20.8 Å². The van der Waals surface area contributed by atoms with Crippen LogP contribution in [-0.4, -0.2) is 11.2 Å². The van der Waals surface area contributed by atoms with Gasteiger partial charge in [-0.25, -0.2) is 0 Å². The fraction of sp³-hybridized carbons (Fsp3) is 1.00. The van der Waals surface area contributed by atoms with E-state index in [-0.39, 0.29) is 6.10 Å². The van der Waals surface area contributed by atoms with E-state index < -0.39 is 0 Å². The number of aliphatic hydroxyl groups is 1. The third-order valence-electron chi connectivity index (χ3n) is 9.70. The van der Waals surface area contributed by atoms with Gasteiger partial charge in [0.05, 0.1) is 6.10 Å². The Morgan fingerprint density at radius 1 is 0.917 bits per heavy atom. The predicted molar refractivity (Wildman–Crippen MR) is 101 cm³/mol. The molecule has 1 N–H and O–H groups in total. The summed E-state index contributed by atoms with van der Waals surface area (Å²) in [5.41, 5.74) is 1.08. The van der Waals surface area contributed by atoms with Gasteiger partial charge in [0.15, 0.2) is 0 Å². The Bertz CT molecular complexity index is 459. The third kappa shape index (κ3) is 2.43. The average molecular weight is 333 g/mol. The molecular weight excluding hydrogens is 292 g/mol. The fourth-order valence-electron chi connectivity index (χ4n) is 8.29. The van der Waals surface area contributed by atoms with Crippen LogP contribution in [0.15, 0.2) is 0 Å². The van der Waals surface area contributed by atoms with Gasteiger partial charge in [-0.05, 0) is 91.8 Å². The van der Waals surface area contributed by atoms with Crippen LogP contribution in [0.1, 0.15) is 97.8 Å². The van der Waals surface area contributed by atoms with Gasteiger partial charge in [0.1, 0.15) is 0 Å². The molecule has 4 aliphatic rings. The first-order valence-corrected chi connectivity index (χ1v) is 11.2.